The molecule has 39 heavy (non-hydrogen) atoms. The van der Waals surface area contributed by atoms with Crippen LogP contribution in [0.1, 0.15) is 38.5 Å². The van der Waals surface area contributed by atoms with Crippen LogP contribution in [0.2, 0.25) is 0 Å². The lowest BCUT2D eigenvalue weighted by atomic mass is 9.95. The van der Waals surface area contributed by atoms with E-state index >= 15 is 0 Å². The minimum atomic E-state index is -0.918. The predicted octanol–water partition coefficient (Wildman–Crippen LogP) is 6.67. The Bertz CT molecular complexity index is 1560. The van der Waals surface area contributed by atoms with Gasteiger partial charge in [-0.1, -0.05) is 37.1 Å². The fraction of sp³-hybridized carbons (Fsp3) is 0.375. The third kappa shape index (κ3) is 5.08. The second-order valence-corrected chi connectivity index (χ2v) is 10.9. The lowest BCUT2D eigenvalue weighted by molar-refractivity contribution is 0.116. The summed E-state index contributed by atoms with van der Waals surface area (Å²) in [5.74, 6) is -0.238. The Morgan fingerprint density at radius 1 is 0.923 bits per heavy atom. The van der Waals surface area contributed by atoms with Gasteiger partial charge in [0.1, 0.15) is 11.6 Å². The molecular formula is C32H33F2N3O2. The first-order valence-electron chi connectivity index (χ1n) is 13.9. The van der Waals surface area contributed by atoms with Crippen molar-refractivity contribution in [2.75, 3.05) is 20.2 Å². The van der Waals surface area contributed by atoms with Crippen LogP contribution in [-0.2, 0) is 6.54 Å². The monoisotopic (exact) mass is 529 g/mol. The first-order valence-corrected chi connectivity index (χ1v) is 13.9. The molecule has 1 atom stereocenters. The van der Waals surface area contributed by atoms with Gasteiger partial charge in [-0.15, -0.1) is 0 Å². The lowest BCUT2D eigenvalue weighted by Crippen LogP contribution is -2.43. The largest absolute Gasteiger partial charge is 0.496 e. The number of rotatable bonds is 6. The highest BCUT2D eigenvalue weighted by Crippen LogP contribution is 2.32. The summed E-state index contributed by atoms with van der Waals surface area (Å²) >= 11 is 0. The summed E-state index contributed by atoms with van der Waals surface area (Å²) in [5, 5.41) is 0.458. The molecule has 2 aliphatic rings. The van der Waals surface area contributed by atoms with Gasteiger partial charge in [0.25, 0.3) is 5.56 Å². The molecule has 0 N–H and O–H groups in total. The van der Waals surface area contributed by atoms with Crippen LogP contribution in [0.4, 0.5) is 8.78 Å². The number of nitrogens with zero attached hydrogens (tertiary/aromatic N) is 3. The minimum Gasteiger partial charge on any atom is -0.496 e. The molecule has 0 amide bonds. The zero-order valence-electron chi connectivity index (χ0n) is 22.2. The van der Waals surface area contributed by atoms with Crippen molar-refractivity contribution in [2.24, 2.45) is 5.92 Å². The van der Waals surface area contributed by atoms with E-state index in [0.29, 0.717) is 52.1 Å². The van der Waals surface area contributed by atoms with Gasteiger partial charge in [-0.2, -0.15) is 0 Å². The van der Waals surface area contributed by atoms with E-state index in [9.17, 15) is 13.6 Å². The van der Waals surface area contributed by atoms with E-state index in [1.165, 1.54) is 31.7 Å². The second-order valence-electron chi connectivity index (χ2n) is 10.9. The van der Waals surface area contributed by atoms with Crippen molar-refractivity contribution >= 4 is 10.9 Å². The van der Waals surface area contributed by atoms with E-state index in [-0.39, 0.29) is 5.56 Å². The molecule has 4 aromatic rings. The minimum absolute atomic E-state index is 0.136. The van der Waals surface area contributed by atoms with Crippen LogP contribution >= 0.6 is 0 Å². The standard InChI is InChI=1S/C32H33F2N3O2/c1-39-30-11-5-4-10-25(30)31-35-29-15-13-22(23-12-14-27(33)28(34)18-23)17-26(29)32(38)37(31)20-21-7-6-16-36(19-21)24-8-2-3-9-24/h4-5,10-15,17-18,21,24H,2-3,6-9,16,19-20H2,1H3. The summed E-state index contributed by atoms with van der Waals surface area (Å²) in [6.07, 6.45) is 7.33. The number of fused-ring (bicyclic) bond motifs is 1. The van der Waals surface area contributed by atoms with Gasteiger partial charge in [0, 0.05) is 19.1 Å². The molecule has 7 heteroatoms. The number of piperidine rings is 1. The molecule has 2 heterocycles. The van der Waals surface area contributed by atoms with Crippen molar-refractivity contribution in [3.8, 4) is 28.3 Å². The van der Waals surface area contributed by atoms with Crippen molar-refractivity contribution < 1.29 is 13.5 Å². The van der Waals surface area contributed by atoms with Gasteiger partial charge in [0.05, 0.1) is 23.6 Å². The Kier molecular flexibility index (Phi) is 7.17. The normalized spacial score (nSPS) is 18.6. The summed E-state index contributed by atoms with van der Waals surface area (Å²) in [5.41, 5.74) is 2.34. The van der Waals surface area contributed by atoms with Crippen LogP contribution in [0, 0.1) is 17.6 Å². The molecule has 0 bridgehead atoms. The highest BCUT2D eigenvalue weighted by atomic mass is 19.2. The molecule has 3 aromatic carbocycles. The van der Waals surface area contributed by atoms with Gasteiger partial charge in [-0.25, -0.2) is 13.8 Å². The Morgan fingerprint density at radius 2 is 1.69 bits per heavy atom. The molecule has 1 aliphatic carbocycles. The SMILES string of the molecule is COc1ccccc1-c1nc2ccc(-c3ccc(F)c(F)c3)cc2c(=O)n1CC1CCCN(C2CCCC2)C1. The first kappa shape index (κ1) is 25.7. The first-order chi connectivity index (χ1) is 19.0. The van der Waals surface area contributed by atoms with Crippen molar-refractivity contribution in [2.45, 2.75) is 51.1 Å². The maximum Gasteiger partial charge on any atom is 0.261 e. The molecule has 0 spiro atoms. The summed E-state index contributed by atoms with van der Waals surface area (Å²) in [6, 6.07) is 17.4. The zero-order chi connectivity index (χ0) is 26.9. The van der Waals surface area contributed by atoms with E-state index in [4.69, 9.17) is 9.72 Å². The summed E-state index contributed by atoms with van der Waals surface area (Å²) in [7, 11) is 1.62. The van der Waals surface area contributed by atoms with E-state index in [1.807, 2.05) is 24.3 Å². The number of hydrogen-bond acceptors (Lipinski definition) is 4. The van der Waals surface area contributed by atoms with Gasteiger partial charge < -0.3 is 9.64 Å². The number of halogens is 2. The molecule has 202 valence electrons. The smallest absolute Gasteiger partial charge is 0.261 e. The molecule has 1 saturated heterocycles. The summed E-state index contributed by atoms with van der Waals surface area (Å²) < 4.78 is 35.0. The average Bonchev–Trinajstić information content (AvgIpc) is 3.51. The molecule has 1 aromatic heterocycles. The fourth-order valence-corrected chi connectivity index (χ4v) is 6.39. The van der Waals surface area contributed by atoms with Gasteiger partial charge in [0.15, 0.2) is 11.6 Å². The van der Waals surface area contributed by atoms with E-state index < -0.39 is 11.6 Å². The van der Waals surface area contributed by atoms with Crippen molar-refractivity contribution in [3.05, 3.63) is 82.7 Å². The van der Waals surface area contributed by atoms with E-state index in [1.54, 1.807) is 29.9 Å². The van der Waals surface area contributed by atoms with Crippen LogP contribution < -0.4 is 10.3 Å². The quantitative estimate of drug-likeness (QED) is 0.280. The molecule has 1 saturated carbocycles. The third-order valence-corrected chi connectivity index (χ3v) is 8.39. The van der Waals surface area contributed by atoms with Gasteiger partial charge in [-0.05, 0) is 85.7 Å². The summed E-state index contributed by atoms with van der Waals surface area (Å²) in [6.45, 7) is 2.67. The fourth-order valence-electron chi connectivity index (χ4n) is 6.39. The molecular weight excluding hydrogens is 496 g/mol. The predicted molar refractivity (Wildman–Crippen MR) is 150 cm³/mol. The van der Waals surface area contributed by atoms with Crippen LogP contribution in [0.25, 0.3) is 33.4 Å². The van der Waals surface area contributed by atoms with Crippen molar-refractivity contribution in [3.63, 3.8) is 0 Å². The molecule has 1 unspecified atom stereocenters. The van der Waals surface area contributed by atoms with E-state index in [2.05, 4.69) is 4.90 Å². The molecule has 0 radical (unpaired) electrons. The summed E-state index contributed by atoms with van der Waals surface area (Å²) in [4.78, 5) is 21.8. The van der Waals surface area contributed by atoms with Crippen molar-refractivity contribution in [1.29, 1.82) is 0 Å². The van der Waals surface area contributed by atoms with Gasteiger partial charge >= 0.3 is 0 Å². The van der Waals surface area contributed by atoms with Gasteiger partial charge in [0.2, 0.25) is 0 Å². The Hall–Kier alpha value is -3.58. The zero-order valence-corrected chi connectivity index (χ0v) is 22.2. The number of ether oxygens (including phenoxy) is 1. The third-order valence-electron chi connectivity index (χ3n) is 8.39. The number of aromatic nitrogens is 2. The lowest BCUT2D eigenvalue weighted by Gasteiger charge is -2.37. The highest BCUT2D eigenvalue weighted by molar-refractivity contribution is 5.85. The molecule has 6 rings (SSSR count). The van der Waals surface area contributed by atoms with Crippen LogP contribution in [0.15, 0.2) is 65.5 Å². The van der Waals surface area contributed by atoms with E-state index in [0.717, 1.165) is 43.6 Å². The number of para-hydroxylation sites is 1. The number of likely N-dealkylation sites (tertiary alicyclic amines) is 1. The second kappa shape index (κ2) is 10.9. The van der Waals surface area contributed by atoms with Crippen molar-refractivity contribution in [1.82, 2.24) is 14.5 Å². The van der Waals surface area contributed by atoms with Crippen LogP contribution in [-0.4, -0.2) is 40.7 Å². The topological polar surface area (TPSA) is 47.4 Å². The maximum absolute atomic E-state index is 14.2. The highest BCUT2D eigenvalue weighted by Gasteiger charge is 2.29. The number of hydrogen-bond donors (Lipinski definition) is 0. The number of methoxy groups -OCH3 is 1. The van der Waals surface area contributed by atoms with Crippen LogP contribution in [0.5, 0.6) is 5.75 Å². The number of benzene rings is 3. The Labute approximate surface area is 227 Å². The average molecular weight is 530 g/mol. The maximum atomic E-state index is 14.2. The molecule has 1 aliphatic heterocycles. The molecule has 5 nitrogen and oxygen atoms in total. The van der Waals surface area contributed by atoms with Gasteiger partial charge in [-0.3, -0.25) is 9.36 Å². The van der Waals surface area contributed by atoms with Crippen LogP contribution in [0.3, 0.4) is 0 Å². The Morgan fingerprint density at radius 3 is 2.49 bits per heavy atom. The Balaban J connectivity index is 1.45. The molecule has 2 fully saturated rings.